The lowest BCUT2D eigenvalue weighted by Gasteiger charge is -2.24. The van der Waals surface area contributed by atoms with Crippen LogP contribution in [0.15, 0.2) is 219 Å². The second-order valence-corrected chi connectivity index (χ2v) is 22.4. The van der Waals surface area contributed by atoms with Gasteiger partial charge in [0.25, 0.3) is 0 Å². The third kappa shape index (κ3) is 13.0. The molecule has 4 aromatic heterocycles. The van der Waals surface area contributed by atoms with Crippen molar-refractivity contribution < 1.29 is 9.47 Å². The lowest BCUT2D eigenvalue weighted by Crippen LogP contribution is -2.54. The highest BCUT2D eigenvalue weighted by Crippen LogP contribution is 2.38. The highest BCUT2D eigenvalue weighted by atomic mass is 16.5. The second-order valence-electron chi connectivity index (χ2n) is 22.4. The number of benzene rings is 6. The zero-order valence-electron chi connectivity index (χ0n) is 48.5. The first-order valence-electron chi connectivity index (χ1n) is 29.6. The number of fused-ring (bicyclic) bond motifs is 1. The molecule has 0 aliphatic carbocycles. The van der Waals surface area contributed by atoms with Gasteiger partial charge in [-0.2, -0.15) is 10.5 Å². The standard InChI is InChI=1S/C73H72B2N6O2/c1-6-7-8-9-14-27-54(4)48-55(5)52-83-63-44-40-57(41-45-63)71-69-68(72(64(49-76)66-36-23-25-46-78-66)81(71)75(60-32-19-12-20-33-60)61-34-21-13-22-35-61)70(56-38-42-62(43-39-56)82-51-53(2)3)80(73(69)65(50-77)67-37-24-26-47-79-67)74(58-28-15-10-16-29-58)59-30-17-11-18-31-59/h10-13,15-26,28-47,53-55H,6-9,14,27,48,51-52H2,1-5H3/b72-64-,73-65-. The molecule has 2 atom stereocenters. The highest BCUT2D eigenvalue weighted by Gasteiger charge is 2.37. The number of hydrogen-bond donors (Lipinski definition) is 0. The molecular formula is C73H72B2N6O2. The molecule has 4 heterocycles. The van der Waals surface area contributed by atoms with Gasteiger partial charge in [-0.05, 0) is 108 Å². The van der Waals surface area contributed by atoms with Crippen LogP contribution in [0.3, 0.4) is 0 Å². The van der Waals surface area contributed by atoms with Crippen LogP contribution < -0.4 is 42.0 Å². The van der Waals surface area contributed by atoms with Crippen molar-refractivity contribution >= 4 is 57.5 Å². The van der Waals surface area contributed by atoms with Gasteiger partial charge in [0, 0.05) is 34.6 Å². The Balaban J connectivity index is 1.38. The molecule has 0 saturated heterocycles. The fraction of sp³-hybridized carbons (Fsp3) is 0.233. The molecule has 0 N–H and O–H groups in total. The molecule has 10 heteroatoms. The molecule has 0 bridgehead atoms. The SMILES string of the molecule is CCCCCCCC(C)CC(C)COc1ccc(-c2c3/c(=C(\C#N)c4ccccn4)n(B(c4ccccc4)c4ccccc4)c(-c4ccc(OCC(C)C)cc4)c3/c(=C(\C#N)c3ccccn3)n2B(c2ccccc2)c2ccccc2)cc1. The average Bonchev–Trinajstić information content (AvgIpc) is 2.92. The van der Waals surface area contributed by atoms with E-state index >= 15 is 0 Å². The molecule has 0 aliphatic rings. The van der Waals surface area contributed by atoms with Gasteiger partial charge in [0.05, 0.1) is 35.3 Å². The predicted molar refractivity (Wildman–Crippen MR) is 344 cm³/mol. The topological polar surface area (TPSA) is 102 Å². The fourth-order valence-corrected chi connectivity index (χ4v) is 11.9. The van der Waals surface area contributed by atoms with Gasteiger partial charge in [-0.3, -0.25) is 9.97 Å². The number of nitriles is 2. The average molecular weight is 1090 g/mol. The van der Waals surface area contributed by atoms with Crippen LogP contribution >= 0.6 is 0 Å². The summed E-state index contributed by atoms with van der Waals surface area (Å²) in [6, 6.07) is 75.7. The summed E-state index contributed by atoms with van der Waals surface area (Å²) in [6.07, 6.45) is 12.3. The molecule has 2 unspecified atom stereocenters. The van der Waals surface area contributed by atoms with Crippen molar-refractivity contribution in [2.24, 2.45) is 17.8 Å². The summed E-state index contributed by atoms with van der Waals surface area (Å²) in [6.45, 7) is 11.4. The van der Waals surface area contributed by atoms with E-state index in [1.54, 1.807) is 12.4 Å². The van der Waals surface area contributed by atoms with E-state index in [9.17, 15) is 10.5 Å². The Labute approximate surface area is 491 Å². The minimum Gasteiger partial charge on any atom is -0.493 e. The molecule has 6 aromatic carbocycles. The van der Waals surface area contributed by atoms with E-state index < -0.39 is 13.7 Å². The molecule has 10 aromatic rings. The summed E-state index contributed by atoms with van der Waals surface area (Å²) in [5, 5.41) is 27.1. The first-order valence-corrected chi connectivity index (χ1v) is 29.6. The van der Waals surface area contributed by atoms with Crippen molar-refractivity contribution in [3.05, 3.63) is 241 Å². The zero-order chi connectivity index (χ0) is 57.5. The largest absolute Gasteiger partial charge is 0.493 e. The Hall–Kier alpha value is -9.11. The first kappa shape index (κ1) is 57.1. The summed E-state index contributed by atoms with van der Waals surface area (Å²) in [5.74, 6) is 2.82. The number of pyridine rings is 2. The summed E-state index contributed by atoms with van der Waals surface area (Å²) >= 11 is 0. The van der Waals surface area contributed by atoms with Gasteiger partial charge < -0.3 is 18.4 Å². The maximum Gasteiger partial charge on any atom is 0.328 e. The summed E-state index contributed by atoms with van der Waals surface area (Å²) < 4.78 is 17.8. The zero-order valence-corrected chi connectivity index (χ0v) is 48.5. The van der Waals surface area contributed by atoms with Crippen LogP contribution in [-0.4, -0.2) is 45.8 Å². The molecule has 0 aliphatic heterocycles. The first-order chi connectivity index (χ1) is 40.8. The van der Waals surface area contributed by atoms with Crippen molar-refractivity contribution in [1.29, 1.82) is 10.5 Å². The number of rotatable bonds is 24. The van der Waals surface area contributed by atoms with Gasteiger partial charge >= 0.3 is 13.7 Å². The number of nitrogens with zero attached hydrogens (tertiary/aromatic N) is 6. The highest BCUT2D eigenvalue weighted by molar-refractivity contribution is 6.85. The Morgan fingerprint density at radius 1 is 0.458 bits per heavy atom. The molecule has 0 amide bonds. The molecule has 0 radical (unpaired) electrons. The van der Waals surface area contributed by atoms with Gasteiger partial charge in [0.1, 0.15) is 34.8 Å². The van der Waals surface area contributed by atoms with Crippen molar-refractivity contribution in [2.75, 3.05) is 13.2 Å². The third-order valence-corrected chi connectivity index (χ3v) is 15.7. The smallest absolute Gasteiger partial charge is 0.328 e. The van der Waals surface area contributed by atoms with Crippen LogP contribution in [0.1, 0.15) is 91.0 Å². The van der Waals surface area contributed by atoms with Crippen LogP contribution in [0.2, 0.25) is 0 Å². The van der Waals surface area contributed by atoms with Crippen LogP contribution in [0.4, 0.5) is 0 Å². The fourth-order valence-electron chi connectivity index (χ4n) is 11.9. The Morgan fingerprint density at radius 2 is 0.843 bits per heavy atom. The Bertz CT molecular complexity index is 3780. The van der Waals surface area contributed by atoms with E-state index in [1.807, 2.05) is 72.8 Å². The lowest BCUT2D eigenvalue weighted by molar-refractivity contribution is 0.231. The summed E-state index contributed by atoms with van der Waals surface area (Å²) in [4.78, 5) is 9.95. The maximum absolute atomic E-state index is 12.1. The minimum absolute atomic E-state index is 0.320. The van der Waals surface area contributed by atoms with Crippen molar-refractivity contribution in [3.8, 4) is 46.2 Å². The number of aromatic nitrogens is 4. The maximum atomic E-state index is 12.1. The molecule has 83 heavy (non-hydrogen) atoms. The molecule has 10 rings (SSSR count). The van der Waals surface area contributed by atoms with Crippen molar-refractivity contribution in [2.45, 2.75) is 79.6 Å². The van der Waals surface area contributed by atoms with E-state index in [4.69, 9.17) is 19.4 Å². The van der Waals surface area contributed by atoms with E-state index in [-0.39, 0.29) is 0 Å². The van der Waals surface area contributed by atoms with Gasteiger partial charge in [0.15, 0.2) is 0 Å². The normalized spacial score (nSPS) is 12.7. The van der Waals surface area contributed by atoms with Gasteiger partial charge in [-0.15, -0.1) is 0 Å². The van der Waals surface area contributed by atoms with Crippen LogP contribution in [-0.2, 0) is 0 Å². The third-order valence-electron chi connectivity index (χ3n) is 15.7. The van der Waals surface area contributed by atoms with E-state index in [2.05, 4.69) is 189 Å². The van der Waals surface area contributed by atoms with Crippen molar-refractivity contribution in [1.82, 2.24) is 18.9 Å². The lowest BCUT2D eigenvalue weighted by atomic mass is 9.50. The molecule has 0 saturated carbocycles. The molecule has 8 nitrogen and oxygen atoms in total. The number of ether oxygens (including phenoxy) is 2. The van der Waals surface area contributed by atoms with Gasteiger partial charge in [-0.25, -0.2) is 0 Å². The quantitative estimate of drug-likeness (QED) is 0.0441. The van der Waals surface area contributed by atoms with Crippen LogP contribution in [0, 0.1) is 40.4 Å². The monoisotopic (exact) mass is 1090 g/mol. The Kier molecular flexibility index (Phi) is 19.0. The summed E-state index contributed by atoms with van der Waals surface area (Å²) in [7, 11) is 0. The molecular weight excluding hydrogens is 1010 g/mol. The molecule has 0 spiro atoms. The number of unbranched alkanes of at least 4 members (excludes halogenated alkanes) is 4. The second kappa shape index (κ2) is 27.6. The van der Waals surface area contributed by atoms with Gasteiger partial charge in [0.2, 0.25) is 0 Å². The van der Waals surface area contributed by atoms with Crippen LogP contribution in [0.25, 0.3) is 44.4 Å². The predicted octanol–water partition coefficient (Wildman–Crippen LogP) is 12.8. The van der Waals surface area contributed by atoms with E-state index in [1.165, 1.54) is 38.5 Å². The van der Waals surface area contributed by atoms with E-state index in [0.29, 0.717) is 64.2 Å². The van der Waals surface area contributed by atoms with Crippen molar-refractivity contribution in [3.63, 3.8) is 0 Å². The van der Waals surface area contributed by atoms with Crippen LogP contribution in [0.5, 0.6) is 11.5 Å². The molecule has 0 fully saturated rings. The number of hydrogen-bond acceptors (Lipinski definition) is 6. The van der Waals surface area contributed by atoms with Gasteiger partial charge in [-0.1, -0.05) is 228 Å². The Morgan fingerprint density at radius 3 is 1.20 bits per heavy atom. The van der Waals surface area contributed by atoms with E-state index in [0.717, 1.165) is 73.1 Å². The molecule has 412 valence electrons. The summed E-state index contributed by atoms with van der Waals surface area (Å²) in [5.41, 5.74) is 9.12. The minimum atomic E-state index is -0.507.